The number of aliphatic hydroxyl groups excluding tert-OH is 1. The number of aliphatic hydroxyl groups is 1. The van der Waals surface area contributed by atoms with E-state index in [1.165, 1.54) is 4.90 Å². The molecule has 0 aliphatic carbocycles. The second kappa shape index (κ2) is 6.88. The van der Waals surface area contributed by atoms with E-state index in [2.05, 4.69) is 0 Å². The van der Waals surface area contributed by atoms with Crippen LogP contribution in [-0.2, 0) is 0 Å². The van der Waals surface area contributed by atoms with Crippen LogP contribution in [0.1, 0.15) is 12.8 Å². The third kappa shape index (κ3) is 6.09. The molecule has 0 aromatic rings. The van der Waals surface area contributed by atoms with Crippen LogP contribution in [0.25, 0.3) is 0 Å². The molecule has 2 nitrogen and oxygen atoms in total. The minimum atomic E-state index is -4.69. The molecule has 0 saturated carbocycles. The van der Waals surface area contributed by atoms with Crippen LogP contribution in [0, 0.1) is 5.92 Å². The normalized spacial score (nSPS) is 20.6. The Bertz CT molecular complexity index is 162. The van der Waals surface area contributed by atoms with Crippen molar-refractivity contribution in [2.45, 2.75) is 12.8 Å². The molecule has 0 atom stereocenters. The summed E-state index contributed by atoms with van der Waals surface area (Å²) in [7, 11) is 0. The summed E-state index contributed by atoms with van der Waals surface area (Å²) in [6.45, 7) is -3.65. The fourth-order valence-corrected chi connectivity index (χ4v) is 1.64. The zero-order valence-electron chi connectivity index (χ0n) is 8.43. The van der Waals surface area contributed by atoms with E-state index in [-0.39, 0.29) is 63.9 Å². The maximum atomic E-state index is 12.0. The molecule has 0 radical (unpaired) electrons. The Labute approximate surface area is 125 Å². The van der Waals surface area contributed by atoms with Gasteiger partial charge in [-0.3, -0.25) is 0 Å². The Kier molecular flexibility index (Phi) is 7.57. The van der Waals surface area contributed by atoms with E-state index in [4.69, 9.17) is 5.11 Å². The molecule has 1 aliphatic heterocycles. The molecule has 0 bridgehead atoms. The van der Waals surface area contributed by atoms with Crippen molar-refractivity contribution in [3.8, 4) is 0 Å². The topological polar surface area (TPSA) is 23.5 Å². The molecule has 1 saturated heterocycles. The van der Waals surface area contributed by atoms with Crippen LogP contribution in [0.5, 0.6) is 0 Å². The molecule has 1 rings (SSSR count). The van der Waals surface area contributed by atoms with E-state index >= 15 is 0 Å². The van der Waals surface area contributed by atoms with Gasteiger partial charge in [0.25, 0.3) is 0 Å². The van der Waals surface area contributed by atoms with Crippen molar-refractivity contribution in [1.82, 2.24) is 4.90 Å². The van der Waals surface area contributed by atoms with Gasteiger partial charge < -0.3 is 23.0 Å². The van der Waals surface area contributed by atoms with E-state index < -0.39 is 13.4 Å². The van der Waals surface area contributed by atoms with E-state index in [1.807, 2.05) is 0 Å². The monoisotopic (exact) mass is 235 g/mol. The summed E-state index contributed by atoms with van der Waals surface area (Å²) >= 11 is 0. The number of hydrogen-bond donors (Lipinski definition) is 1. The van der Waals surface area contributed by atoms with E-state index in [1.54, 1.807) is 0 Å². The predicted molar refractivity (Wildman–Crippen MR) is 45.3 cm³/mol. The van der Waals surface area contributed by atoms with Gasteiger partial charge in [0, 0.05) is 6.61 Å². The zero-order valence-corrected chi connectivity index (χ0v) is 11.5. The molecule has 1 heterocycles. The molecule has 14 heavy (non-hydrogen) atoms. The summed E-state index contributed by atoms with van der Waals surface area (Å²) in [4.78, 5) is 1.42. The van der Waals surface area contributed by atoms with Crippen LogP contribution in [0.2, 0.25) is 0 Å². The largest absolute Gasteiger partial charge is 1.00 e. The molecular formula is C7H14BF3KNO. The van der Waals surface area contributed by atoms with Crippen LogP contribution < -0.4 is 51.4 Å². The summed E-state index contributed by atoms with van der Waals surface area (Å²) < 4.78 is 36.0. The van der Waals surface area contributed by atoms with Crippen molar-refractivity contribution in [3.63, 3.8) is 0 Å². The van der Waals surface area contributed by atoms with Crippen molar-refractivity contribution < 1.29 is 69.4 Å². The molecule has 0 unspecified atom stereocenters. The van der Waals surface area contributed by atoms with Crippen molar-refractivity contribution in [2.75, 3.05) is 26.1 Å². The predicted octanol–water partition coefficient (Wildman–Crippen LogP) is -1.92. The average molecular weight is 235 g/mol. The van der Waals surface area contributed by atoms with Crippen LogP contribution in [0.4, 0.5) is 12.9 Å². The first-order chi connectivity index (χ1) is 6.01. The van der Waals surface area contributed by atoms with Gasteiger partial charge in [0.2, 0.25) is 0 Å². The SMILES string of the molecule is OCC1CCN(C[B-](F)(F)F)CC1.[K+]. The Hall–Kier alpha value is 1.41. The first kappa shape index (κ1) is 15.4. The van der Waals surface area contributed by atoms with Gasteiger partial charge in [0.05, 0.1) is 0 Å². The standard InChI is InChI=1S/C7H14BF3NO.K/c9-8(10,11)6-12-3-1-7(5-13)2-4-12;/h7,13H,1-6H2;/q-1;+1. The molecule has 7 heteroatoms. The van der Waals surface area contributed by atoms with Crippen molar-refractivity contribution in [1.29, 1.82) is 0 Å². The van der Waals surface area contributed by atoms with Gasteiger partial charge in [-0.2, -0.15) is 0 Å². The fourth-order valence-electron chi connectivity index (χ4n) is 1.64. The molecule has 0 aromatic heterocycles. The number of rotatable bonds is 3. The number of hydrogen-bond acceptors (Lipinski definition) is 2. The maximum Gasteiger partial charge on any atom is 1.00 e. The second-order valence-electron chi connectivity index (χ2n) is 3.64. The van der Waals surface area contributed by atoms with E-state index in [0.717, 1.165) is 0 Å². The van der Waals surface area contributed by atoms with Gasteiger partial charge in [-0.05, 0) is 38.3 Å². The van der Waals surface area contributed by atoms with Gasteiger partial charge in [-0.15, -0.1) is 0 Å². The third-order valence-electron chi connectivity index (χ3n) is 2.43. The smallest absolute Gasteiger partial charge is 0.448 e. The molecular weight excluding hydrogens is 221 g/mol. The van der Waals surface area contributed by atoms with Crippen molar-refractivity contribution in [2.24, 2.45) is 5.92 Å². The molecule has 1 N–H and O–H groups in total. The Morgan fingerprint density at radius 2 is 1.71 bits per heavy atom. The zero-order chi connectivity index (χ0) is 9.90. The summed E-state index contributed by atoms with van der Waals surface area (Å²) in [6, 6.07) is 0. The minimum absolute atomic E-state index is 0. The second-order valence-corrected chi connectivity index (χ2v) is 3.64. The van der Waals surface area contributed by atoms with Crippen LogP contribution in [-0.4, -0.2) is 43.1 Å². The first-order valence-corrected chi connectivity index (χ1v) is 4.55. The fraction of sp³-hybridized carbons (Fsp3) is 1.00. The molecule has 0 spiro atoms. The van der Waals surface area contributed by atoms with Crippen LogP contribution in [0.15, 0.2) is 0 Å². The average Bonchev–Trinajstić information content (AvgIpc) is 2.03. The van der Waals surface area contributed by atoms with Crippen molar-refractivity contribution >= 4 is 6.98 Å². The number of nitrogens with zero attached hydrogens (tertiary/aromatic N) is 1. The van der Waals surface area contributed by atoms with Gasteiger partial charge >= 0.3 is 58.4 Å². The number of likely N-dealkylation sites (tertiary alicyclic amines) is 1. The summed E-state index contributed by atoms with van der Waals surface area (Å²) in [5.74, 6) is 0.206. The van der Waals surface area contributed by atoms with Crippen molar-refractivity contribution in [3.05, 3.63) is 0 Å². The number of halogens is 3. The van der Waals surface area contributed by atoms with Crippen LogP contribution >= 0.6 is 0 Å². The summed E-state index contributed by atoms with van der Waals surface area (Å²) in [6.07, 6.45) is 0.615. The summed E-state index contributed by atoms with van der Waals surface area (Å²) in [5, 5.41) is 8.77. The third-order valence-corrected chi connectivity index (χ3v) is 2.43. The van der Waals surface area contributed by atoms with Gasteiger partial charge in [-0.25, -0.2) is 0 Å². The van der Waals surface area contributed by atoms with Gasteiger partial charge in [-0.1, -0.05) is 0 Å². The van der Waals surface area contributed by atoms with Gasteiger partial charge in [0.1, 0.15) is 0 Å². The van der Waals surface area contributed by atoms with Crippen LogP contribution in [0.3, 0.4) is 0 Å². The quantitative estimate of drug-likeness (QED) is 0.576. The first-order valence-electron chi connectivity index (χ1n) is 4.55. The molecule has 1 aliphatic rings. The Morgan fingerprint density at radius 1 is 1.21 bits per heavy atom. The number of piperidine rings is 1. The van der Waals surface area contributed by atoms with E-state index in [9.17, 15) is 12.9 Å². The molecule has 78 valence electrons. The molecule has 0 amide bonds. The maximum absolute atomic E-state index is 12.0. The molecule has 1 fully saturated rings. The minimum Gasteiger partial charge on any atom is -0.448 e. The Balaban J connectivity index is 0.00000169. The molecule has 0 aromatic carbocycles. The Morgan fingerprint density at radius 3 is 2.07 bits per heavy atom. The summed E-state index contributed by atoms with van der Waals surface area (Å²) in [5.41, 5.74) is 0. The van der Waals surface area contributed by atoms with Gasteiger partial charge in [0.15, 0.2) is 0 Å². The van der Waals surface area contributed by atoms with E-state index in [0.29, 0.717) is 25.9 Å².